The standard InChI is InChI=1S/C22H24N2O4/c1-15(22(27)28)23-21(26)18-12-13-19(25)24(14-16-8-4-2-5-9-16)20(18)17-10-6-3-7-11-17/h2-11,15,18,20H,12-14H2,1H3,(H,23,26)(H,27,28). The van der Waals surface area contributed by atoms with Crippen molar-refractivity contribution in [2.45, 2.75) is 38.4 Å². The quantitative estimate of drug-likeness (QED) is 0.807. The highest BCUT2D eigenvalue weighted by Crippen LogP contribution is 2.38. The van der Waals surface area contributed by atoms with Crippen LogP contribution in [0.25, 0.3) is 0 Å². The van der Waals surface area contributed by atoms with Crippen LogP contribution in [0.4, 0.5) is 0 Å². The first kappa shape index (κ1) is 19.6. The first-order valence-electron chi connectivity index (χ1n) is 9.39. The van der Waals surface area contributed by atoms with E-state index in [4.69, 9.17) is 5.11 Å². The Labute approximate surface area is 164 Å². The van der Waals surface area contributed by atoms with Crippen LogP contribution in [0.3, 0.4) is 0 Å². The number of carboxylic acid groups (broad SMARTS) is 1. The van der Waals surface area contributed by atoms with Gasteiger partial charge in [-0.15, -0.1) is 0 Å². The fraction of sp³-hybridized carbons (Fsp3) is 0.318. The highest BCUT2D eigenvalue weighted by molar-refractivity contribution is 5.88. The van der Waals surface area contributed by atoms with Crippen LogP contribution in [-0.2, 0) is 20.9 Å². The lowest BCUT2D eigenvalue weighted by Crippen LogP contribution is -2.50. The summed E-state index contributed by atoms with van der Waals surface area (Å²) in [6.45, 7) is 1.84. The maximum atomic E-state index is 12.9. The van der Waals surface area contributed by atoms with Crippen molar-refractivity contribution in [1.29, 1.82) is 0 Å². The molecule has 2 amide bonds. The minimum absolute atomic E-state index is 0.00645. The van der Waals surface area contributed by atoms with Crippen molar-refractivity contribution in [3.8, 4) is 0 Å². The summed E-state index contributed by atoms with van der Waals surface area (Å²) in [5.41, 5.74) is 1.85. The Balaban J connectivity index is 1.93. The number of carboxylic acids is 1. The van der Waals surface area contributed by atoms with E-state index in [1.165, 1.54) is 6.92 Å². The molecule has 0 radical (unpaired) electrons. The van der Waals surface area contributed by atoms with Crippen molar-refractivity contribution in [2.24, 2.45) is 5.92 Å². The number of hydrogen-bond acceptors (Lipinski definition) is 3. The van der Waals surface area contributed by atoms with Gasteiger partial charge in [-0.25, -0.2) is 0 Å². The molecule has 2 aromatic rings. The normalized spacial score (nSPS) is 20.5. The highest BCUT2D eigenvalue weighted by atomic mass is 16.4. The van der Waals surface area contributed by atoms with E-state index in [0.29, 0.717) is 13.0 Å². The predicted molar refractivity (Wildman–Crippen MR) is 104 cm³/mol. The molecule has 2 aromatic carbocycles. The van der Waals surface area contributed by atoms with Crippen molar-refractivity contribution < 1.29 is 19.5 Å². The van der Waals surface area contributed by atoms with Gasteiger partial charge in [0.1, 0.15) is 6.04 Å². The van der Waals surface area contributed by atoms with Crippen molar-refractivity contribution in [2.75, 3.05) is 0 Å². The zero-order chi connectivity index (χ0) is 20.1. The molecule has 1 fully saturated rings. The molecule has 2 N–H and O–H groups in total. The van der Waals surface area contributed by atoms with Gasteiger partial charge >= 0.3 is 5.97 Å². The van der Waals surface area contributed by atoms with Crippen LogP contribution in [0.2, 0.25) is 0 Å². The zero-order valence-electron chi connectivity index (χ0n) is 15.7. The highest BCUT2D eigenvalue weighted by Gasteiger charge is 2.41. The third-order valence-corrected chi connectivity index (χ3v) is 5.11. The molecule has 3 atom stereocenters. The molecule has 0 aromatic heterocycles. The summed E-state index contributed by atoms with van der Waals surface area (Å²) < 4.78 is 0. The van der Waals surface area contributed by atoms with Gasteiger partial charge in [0.2, 0.25) is 11.8 Å². The average Bonchev–Trinajstić information content (AvgIpc) is 2.70. The Bertz CT molecular complexity index is 838. The first-order chi connectivity index (χ1) is 13.5. The number of benzene rings is 2. The molecule has 0 spiro atoms. The fourth-order valence-electron chi connectivity index (χ4n) is 3.64. The van der Waals surface area contributed by atoms with Crippen LogP contribution in [0.5, 0.6) is 0 Å². The van der Waals surface area contributed by atoms with Gasteiger partial charge in [0, 0.05) is 13.0 Å². The monoisotopic (exact) mass is 380 g/mol. The Morgan fingerprint density at radius 3 is 2.32 bits per heavy atom. The lowest BCUT2D eigenvalue weighted by molar-refractivity contribution is -0.147. The molecular weight excluding hydrogens is 356 g/mol. The fourth-order valence-corrected chi connectivity index (χ4v) is 3.64. The number of aliphatic carboxylic acids is 1. The van der Waals surface area contributed by atoms with E-state index in [9.17, 15) is 14.4 Å². The Kier molecular flexibility index (Phi) is 6.09. The summed E-state index contributed by atoms with van der Waals surface area (Å²) in [5.74, 6) is -1.94. The van der Waals surface area contributed by atoms with Gasteiger partial charge in [0.15, 0.2) is 0 Å². The first-order valence-corrected chi connectivity index (χ1v) is 9.39. The summed E-state index contributed by atoms with van der Waals surface area (Å²) in [4.78, 5) is 38.6. The lowest BCUT2D eigenvalue weighted by Gasteiger charge is -2.41. The molecule has 6 nitrogen and oxygen atoms in total. The zero-order valence-corrected chi connectivity index (χ0v) is 15.7. The minimum Gasteiger partial charge on any atom is -0.480 e. The Morgan fingerprint density at radius 1 is 1.11 bits per heavy atom. The van der Waals surface area contributed by atoms with Gasteiger partial charge < -0.3 is 15.3 Å². The Hall–Kier alpha value is -3.15. The van der Waals surface area contributed by atoms with E-state index >= 15 is 0 Å². The molecule has 146 valence electrons. The summed E-state index contributed by atoms with van der Waals surface area (Å²) in [5, 5.41) is 11.7. The molecule has 1 heterocycles. The van der Waals surface area contributed by atoms with E-state index in [0.717, 1.165) is 11.1 Å². The van der Waals surface area contributed by atoms with Crippen LogP contribution in [0, 0.1) is 5.92 Å². The van der Waals surface area contributed by atoms with Crippen LogP contribution >= 0.6 is 0 Å². The molecule has 28 heavy (non-hydrogen) atoms. The lowest BCUT2D eigenvalue weighted by atomic mass is 9.83. The van der Waals surface area contributed by atoms with Gasteiger partial charge in [0.05, 0.1) is 12.0 Å². The Morgan fingerprint density at radius 2 is 1.71 bits per heavy atom. The molecule has 0 bridgehead atoms. The average molecular weight is 380 g/mol. The molecule has 1 aliphatic heterocycles. The number of hydrogen-bond donors (Lipinski definition) is 2. The van der Waals surface area contributed by atoms with Gasteiger partial charge in [-0.2, -0.15) is 0 Å². The molecule has 3 rings (SSSR count). The second-order valence-electron chi connectivity index (χ2n) is 7.08. The topological polar surface area (TPSA) is 86.7 Å². The number of amides is 2. The van der Waals surface area contributed by atoms with Gasteiger partial charge in [-0.05, 0) is 24.5 Å². The van der Waals surface area contributed by atoms with Crippen molar-refractivity contribution in [3.63, 3.8) is 0 Å². The minimum atomic E-state index is -1.09. The number of nitrogens with zero attached hydrogens (tertiary/aromatic N) is 1. The summed E-state index contributed by atoms with van der Waals surface area (Å²) in [6.07, 6.45) is 0.650. The molecule has 0 aliphatic carbocycles. The van der Waals surface area contributed by atoms with E-state index in [1.807, 2.05) is 60.7 Å². The number of rotatable bonds is 6. The smallest absolute Gasteiger partial charge is 0.325 e. The molecular formula is C22H24N2O4. The molecule has 6 heteroatoms. The number of piperidine rings is 1. The SMILES string of the molecule is CC(NC(=O)C1CCC(=O)N(Cc2ccccc2)C1c1ccccc1)C(=O)O. The van der Waals surface area contributed by atoms with Crippen molar-refractivity contribution in [3.05, 3.63) is 71.8 Å². The van der Waals surface area contributed by atoms with E-state index < -0.39 is 24.0 Å². The summed E-state index contributed by atoms with van der Waals surface area (Å²) in [6, 6.07) is 17.7. The van der Waals surface area contributed by atoms with Gasteiger partial charge in [-0.1, -0.05) is 60.7 Å². The largest absolute Gasteiger partial charge is 0.480 e. The molecule has 3 unspecified atom stereocenters. The van der Waals surface area contributed by atoms with Crippen LogP contribution in [-0.4, -0.2) is 33.8 Å². The van der Waals surface area contributed by atoms with Gasteiger partial charge in [0.25, 0.3) is 0 Å². The number of nitrogens with one attached hydrogen (secondary N) is 1. The third-order valence-electron chi connectivity index (χ3n) is 5.11. The number of carbonyl (C=O) groups is 3. The molecule has 1 saturated heterocycles. The van der Waals surface area contributed by atoms with Crippen molar-refractivity contribution >= 4 is 17.8 Å². The third kappa shape index (κ3) is 4.39. The van der Waals surface area contributed by atoms with E-state index in [2.05, 4.69) is 5.32 Å². The van der Waals surface area contributed by atoms with Crippen LogP contribution < -0.4 is 5.32 Å². The number of likely N-dealkylation sites (tertiary alicyclic amines) is 1. The second kappa shape index (κ2) is 8.69. The molecule has 0 saturated carbocycles. The summed E-state index contributed by atoms with van der Waals surface area (Å²) >= 11 is 0. The maximum Gasteiger partial charge on any atom is 0.325 e. The van der Waals surface area contributed by atoms with Gasteiger partial charge in [-0.3, -0.25) is 14.4 Å². The number of carbonyl (C=O) groups excluding carboxylic acids is 2. The predicted octanol–water partition coefficient (Wildman–Crippen LogP) is 2.76. The summed E-state index contributed by atoms with van der Waals surface area (Å²) in [7, 11) is 0. The molecule has 1 aliphatic rings. The van der Waals surface area contributed by atoms with Crippen LogP contribution in [0.15, 0.2) is 60.7 Å². The second-order valence-corrected chi connectivity index (χ2v) is 7.08. The van der Waals surface area contributed by atoms with E-state index in [-0.39, 0.29) is 18.2 Å². The van der Waals surface area contributed by atoms with Crippen molar-refractivity contribution in [1.82, 2.24) is 10.2 Å². The maximum absolute atomic E-state index is 12.9. The van der Waals surface area contributed by atoms with Crippen LogP contribution in [0.1, 0.15) is 36.9 Å². The van der Waals surface area contributed by atoms with E-state index in [1.54, 1.807) is 4.90 Å².